The van der Waals surface area contributed by atoms with Crippen LogP contribution in [0.15, 0.2) is 6.33 Å². The van der Waals surface area contributed by atoms with Gasteiger partial charge in [-0.15, -0.1) is 0 Å². The first-order valence-electron chi connectivity index (χ1n) is 5.85. The van der Waals surface area contributed by atoms with Crippen molar-refractivity contribution >= 4 is 5.82 Å². The fourth-order valence-electron chi connectivity index (χ4n) is 1.35. The van der Waals surface area contributed by atoms with E-state index in [9.17, 15) is 0 Å². The van der Waals surface area contributed by atoms with E-state index >= 15 is 0 Å². The Kier molecular flexibility index (Phi) is 5.69. The second-order valence-electron chi connectivity index (χ2n) is 4.22. The molecule has 0 saturated carbocycles. The molecule has 1 heterocycles. The smallest absolute Gasteiger partial charge is 0.221 e. The molecule has 0 aliphatic heterocycles. The molecule has 0 radical (unpaired) electrons. The Morgan fingerprint density at radius 3 is 2.71 bits per heavy atom. The Bertz CT molecular complexity index is 343. The van der Waals surface area contributed by atoms with Crippen LogP contribution in [0.3, 0.4) is 0 Å². The zero-order valence-corrected chi connectivity index (χ0v) is 11.0. The number of rotatable bonds is 7. The number of nitrogens with zero attached hydrogens (tertiary/aromatic N) is 2. The lowest BCUT2D eigenvalue weighted by molar-refractivity contribution is 0.0804. The van der Waals surface area contributed by atoms with Gasteiger partial charge in [-0.3, -0.25) is 0 Å². The zero-order chi connectivity index (χ0) is 12.7. The molecule has 5 heteroatoms. The summed E-state index contributed by atoms with van der Waals surface area (Å²) >= 11 is 0. The molecule has 0 aromatic carbocycles. The molecule has 0 amide bonds. The average molecular weight is 239 g/mol. The molecule has 0 aliphatic carbocycles. The van der Waals surface area contributed by atoms with E-state index in [-0.39, 0.29) is 0 Å². The van der Waals surface area contributed by atoms with Crippen molar-refractivity contribution in [1.29, 1.82) is 0 Å². The minimum Gasteiger partial charge on any atom is -0.475 e. The SMILES string of the molecule is CNc1ncnc(OCCOCC(C)C)c1C. The molecule has 1 aromatic heterocycles. The van der Waals surface area contributed by atoms with Crippen LogP contribution in [0.2, 0.25) is 0 Å². The quantitative estimate of drug-likeness (QED) is 0.736. The molecule has 1 aromatic rings. The van der Waals surface area contributed by atoms with E-state index < -0.39 is 0 Å². The first-order valence-corrected chi connectivity index (χ1v) is 5.85. The van der Waals surface area contributed by atoms with Crippen molar-refractivity contribution in [2.45, 2.75) is 20.8 Å². The lowest BCUT2D eigenvalue weighted by Crippen LogP contribution is -2.11. The van der Waals surface area contributed by atoms with Gasteiger partial charge in [0.15, 0.2) is 0 Å². The fraction of sp³-hybridized carbons (Fsp3) is 0.667. The molecule has 0 bridgehead atoms. The van der Waals surface area contributed by atoms with Crippen molar-refractivity contribution in [2.75, 3.05) is 32.2 Å². The number of hydrogen-bond donors (Lipinski definition) is 1. The van der Waals surface area contributed by atoms with Crippen molar-refractivity contribution < 1.29 is 9.47 Å². The number of nitrogens with one attached hydrogen (secondary N) is 1. The van der Waals surface area contributed by atoms with E-state index in [0.29, 0.717) is 25.0 Å². The van der Waals surface area contributed by atoms with Crippen LogP contribution >= 0.6 is 0 Å². The van der Waals surface area contributed by atoms with Gasteiger partial charge in [0.05, 0.1) is 12.2 Å². The van der Waals surface area contributed by atoms with E-state index in [1.54, 1.807) is 0 Å². The van der Waals surface area contributed by atoms with Gasteiger partial charge >= 0.3 is 0 Å². The van der Waals surface area contributed by atoms with Crippen molar-refractivity contribution in [3.8, 4) is 5.88 Å². The molecule has 96 valence electrons. The number of ether oxygens (including phenoxy) is 2. The Balaban J connectivity index is 2.36. The van der Waals surface area contributed by atoms with Gasteiger partial charge in [-0.2, -0.15) is 0 Å². The molecule has 0 aliphatic rings. The number of hydrogen-bond acceptors (Lipinski definition) is 5. The van der Waals surface area contributed by atoms with Crippen LogP contribution in [-0.2, 0) is 4.74 Å². The lowest BCUT2D eigenvalue weighted by atomic mass is 10.2. The van der Waals surface area contributed by atoms with Gasteiger partial charge in [-0.1, -0.05) is 13.8 Å². The van der Waals surface area contributed by atoms with Gasteiger partial charge in [0.1, 0.15) is 18.8 Å². The molecule has 0 fully saturated rings. The van der Waals surface area contributed by atoms with Crippen LogP contribution in [0.1, 0.15) is 19.4 Å². The zero-order valence-electron chi connectivity index (χ0n) is 11.0. The second kappa shape index (κ2) is 7.06. The molecule has 0 atom stereocenters. The fourth-order valence-corrected chi connectivity index (χ4v) is 1.35. The van der Waals surface area contributed by atoms with Crippen LogP contribution in [0, 0.1) is 12.8 Å². The van der Waals surface area contributed by atoms with Crippen molar-refractivity contribution in [2.24, 2.45) is 5.92 Å². The van der Waals surface area contributed by atoms with Gasteiger partial charge in [-0.25, -0.2) is 9.97 Å². The van der Waals surface area contributed by atoms with E-state index in [1.165, 1.54) is 6.33 Å². The van der Waals surface area contributed by atoms with Gasteiger partial charge in [0, 0.05) is 13.7 Å². The molecule has 5 nitrogen and oxygen atoms in total. The van der Waals surface area contributed by atoms with Gasteiger partial charge in [0.25, 0.3) is 0 Å². The van der Waals surface area contributed by atoms with Crippen molar-refractivity contribution in [3.05, 3.63) is 11.9 Å². The maximum absolute atomic E-state index is 5.54. The molecule has 0 saturated heterocycles. The Morgan fingerprint density at radius 2 is 2.06 bits per heavy atom. The topological polar surface area (TPSA) is 56.3 Å². The first-order chi connectivity index (χ1) is 8.15. The summed E-state index contributed by atoms with van der Waals surface area (Å²) in [5.41, 5.74) is 0.916. The predicted octanol–water partition coefficient (Wildman–Crippen LogP) is 1.88. The maximum Gasteiger partial charge on any atom is 0.221 e. The largest absolute Gasteiger partial charge is 0.475 e. The second-order valence-corrected chi connectivity index (χ2v) is 4.22. The molecule has 0 spiro atoms. The maximum atomic E-state index is 5.54. The van der Waals surface area contributed by atoms with Crippen molar-refractivity contribution in [1.82, 2.24) is 9.97 Å². The van der Waals surface area contributed by atoms with E-state index in [2.05, 4.69) is 29.1 Å². The average Bonchev–Trinajstić information content (AvgIpc) is 2.30. The van der Waals surface area contributed by atoms with E-state index in [0.717, 1.165) is 18.0 Å². The van der Waals surface area contributed by atoms with Crippen LogP contribution in [-0.4, -0.2) is 36.8 Å². The minimum absolute atomic E-state index is 0.508. The number of anilines is 1. The van der Waals surface area contributed by atoms with Crippen LogP contribution in [0.5, 0.6) is 5.88 Å². The van der Waals surface area contributed by atoms with E-state index in [4.69, 9.17) is 9.47 Å². The lowest BCUT2D eigenvalue weighted by Gasteiger charge is -2.11. The van der Waals surface area contributed by atoms with Gasteiger partial charge in [0.2, 0.25) is 5.88 Å². The van der Waals surface area contributed by atoms with Crippen LogP contribution in [0.4, 0.5) is 5.82 Å². The van der Waals surface area contributed by atoms with Crippen LogP contribution in [0.25, 0.3) is 0 Å². The molecule has 17 heavy (non-hydrogen) atoms. The highest BCUT2D eigenvalue weighted by Crippen LogP contribution is 2.19. The Labute approximate surface area is 103 Å². The monoisotopic (exact) mass is 239 g/mol. The van der Waals surface area contributed by atoms with Crippen LogP contribution < -0.4 is 10.1 Å². The summed E-state index contributed by atoms with van der Waals surface area (Å²) in [5.74, 6) is 1.95. The summed E-state index contributed by atoms with van der Waals surface area (Å²) in [6, 6.07) is 0. The third-order valence-electron chi connectivity index (χ3n) is 2.19. The van der Waals surface area contributed by atoms with Crippen molar-refractivity contribution in [3.63, 3.8) is 0 Å². The molecular formula is C12H21N3O2. The third kappa shape index (κ3) is 4.56. The highest BCUT2D eigenvalue weighted by Gasteiger charge is 2.06. The molecular weight excluding hydrogens is 218 g/mol. The first kappa shape index (κ1) is 13.7. The van der Waals surface area contributed by atoms with Gasteiger partial charge in [-0.05, 0) is 12.8 Å². The standard InChI is InChI=1S/C12H21N3O2/c1-9(2)7-16-5-6-17-12-10(3)11(13-4)14-8-15-12/h8-9H,5-7H2,1-4H3,(H,13,14,15). The molecule has 0 unspecified atom stereocenters. The third-order valence-corrected chi connectivity index (χ3v) is 2.19. The summed E-state index contributed by atoms with van der Waals surface area (Å²) in [5, 5.41) is 2.99. The summed E-state index contributed by atoms with van der Waals surface area (Å²) in [6.07, 6.45) is 1.49. The number of aromatic nitrogens is 2. The summed E-state index contributed by atoms with van der Waals surface area (Å²) in [4.78, 5) is 8.18. The Hall–Kier alpha value is -1.36. The molecule has 1 rings (SSSR count). The highest BCUT2D eigenvalue weighted by atomic mass is 16.5. The minimum atomic E-state index is 0.508. The van der Waals surface area contributed by atoms with Gasteiger partial charge < -0.3 is 14.8 Å². The highest BCUT2D eigenvalue weighted by molar-refractivity contribution is 5.46. The molecule has 1 N–H and O–H groups in total. The summed E-state index contributed by atoms with van der Waals surface area (Å²) in [6.45, 7) is 8.01. The predicted molar refractivity (Wildman–Crippen MR) is 67.5 cm³/mol. The Morgan fingerprint density at radius 1 is 1.29 bits per heavy atom. The summed E-state index contributed by atoms with van der Waals surface area (Å²) < 4.78 is 11.0. The normalized spacial score (nSPS) is 10.6. The van der Waals surface area contributed by atoms with E-state index in [1.807, 2.05) is 14.0 Å². The summed E-state index contributed by atoms with van der Waals surface area (Å²) in [7, 11) is 1.82.